The maximum absolute atomic E-state index is 10.7. The molecule has 0 N–H and O–H groups in total. The molecular weight excluding hydrogens is 409 g/mol. The maximum atomic E-state index is 10.7. The molecule has 4 nitrogen and oxygen atoms in total. The summed E-state index contributed by atoms with van der Waals surface area (Å²) in [5.74, 6) is -0.126. The number of hydrogen-bond acceptors (Lipinski definition) is 3. The predicted molar refractivity (Wildman–Crippen MR) is 32.2 cm³/mol. The first-order valence-corrected chi connectivity index (χ1v) is 12.1. The summed E-state index contributed by atoms with van der Waals surface area (Å²) in [6, 6.07) is 0. The van der Waals surface area contributed by atoms with Crippen LogP contribution in [0.15, 0.2) is 0 Å². The summed E-state index contributed by atoms with van der Waals surface area (Å²) < 4.78 is 22.1. The molecule has 10 heavy (non-hydrogen) atoms. The van der Waals surface area contributed by atoms with Crippen LogP contribution in [0.1, 0.15) is 6.92 Å². The molecule has 0 spiro atoms. The molecule has 0 saturated heterocycles. The van der Waals surface area contributed by atoms with Gasteiger partial charge in [-0.15, -0.1) is 0 Å². The number of carbonyl (C=O) groups is 1. The van der Waals surface area contributed by atoms with Crippen molar-refractivity contribution in [2.45, 2.75) is 6.92 Å². The van der Waals surface area contributed by atoms with Crippen molar-refractivity contribution in [1.82, 2.24) is 4.31 Å². The van der Waals surface area contributed by atoms with E-state index in [1.165, 1.54) is 14.0 Å². The van der Waals surface area contributed by atoms with Crippen molar-refractivity contribution in [3.05, 3.63) is 0 Å². The molecule has 0 aromatic carbocycles. The molecule has 6 heteroatoms. The molecule has 0 bridgehead atoms. The first kappa shape index (κ1) is 8.58. The summed E-state index contributed by atoms with van der Waals surface area (Å²) in [7, 11) is -1.55. The molecule has 0 rings (SSSR count). The van der Waals surface area contributed by atoms with Gasteiger partial charge in [-0.2, -0.15) is 0 Å². The standard InChI is InChI=1S/C4H8NO3S.Rf/c1-4(6)3-5(2)9(7)8;/h3H2,1-2H3;. The van der Waals surface area contributed by atoms with E-state index in [1.54, 1.807) is 0 Å². The Bertz CT molecular complexity index is 223. The van der Waals surface area contributed by atoms with Crippen molar-refractivity contribution in [3.8, 4) is 0 Å². The third kappa shape index (κ3) is 2.78. The first-order chi connectivity index (χ1) is 4.34. The van der Waals surface area contributed by atoms with E-state index in [2.05, 4.69) is 0 Å². The summed E-state index contributed by atoms with van der Waals surface area (Å²) in [5, 5.41) is 0. The van der Waals surface area contributed by atoms with Gasteiger partial charge in [0, 0.05) is 0 Å². The van der Waals surface area contributed by atoms with E-state index in [4.69, 9.17) is 0 Å². The van der Waals surface area contributed by atoms with E-state index in [0.717, 1.165) is 4.31 Å². The number of ketones is 1. The van der Waals surface area contributed by atoms with Gasteiger partial charge in [0.2, 0.25) is 0 Å². The number of likely N-dealkylation sites (N-methyl/N-ethyl adjacent to an activating group) is 1. The molecule has 0 aliphatic carbocycles. The van der Waals surface area contributed by atoms with Crippen LogP contribution in [-0.4, -0.2) is 32.1 Å². The Morgan fingerprint density at radius 3 is 2.10 bits per heavy atom. The van der Waals surface area contributed by atoms with Crippen molar-refractivity contribution in [1.29, 1.82) is 0 Å². The SMILES string of the molecule is CC(=O)CN(C)[S](=O)(=O)[Rf]. The fourth-order valence-corrected chi connectivity index (χ4v) is 2.03. The van der Waals surface area contributed by atoms with Gasteiger partial charge in [0.25, 0.3) is 0 Å². The van der Waals surface area contributed by atoms with Crippen LogP contribution in [0.25, 0.3) is 0 Å². The van der Waals surface area contributed by atoms with Gasteiger partial charge in [-0.3, -0.25) is 0 Å². The molecular formula is C4H8NO3RfS. The molecule has 0 atom stereocenters. The second kappa shape index (κ2) is 2.45. The van der Waals surface area contributed by atoms with Gasteiger partial charge in [-0.1, -0.05) is 0 Å². The second-order valence-corrected chi connectivity index (χ2v) is 13.8. The Hall–Kier alpha value is -1.42. The molecule has 0 aromatic heterocycles. The number of nitrogens with zero attached hydrogens (tertiary/aromatic N) is 1. The molecule has 55 valence electrons. The van der Waals surface area contributed by atoms with Gasteiger partial charge in [-0.25, -0.2) is 0 Å². The van der Waals surface area contributed by atoms with Crippen LogP contribution in [0.4, 0.5) is 0 Å². The minimum atomic E-state index is -2.98. The molecule has 0 aliphatic rings. The number of Topliss-reactive ketones (excluding diaryl/α,β-unsaturated/α-hetero) is 1. The van der Waals surface area contributed by atoms with Crippen LogP contribution >= 0.6 is 0 Å². The van der Waals surface area contributed by atoms with E-state index in [9.17, 15) is 13.2 Å². The zero-order valence-corrected chi connectivity index (χ0v) is 13.2. The molecule has 0 heterocycles. The van der Waals surface area contributed by atoms with E-state index in [0.29, 0.717) is 0 Å². The van der Waals surface area contributed by atoms with Gasteiger partial charge >= 0.3 is 54.7 Å². The van der Waals surface area contributed by atoms with Crippen LogP contribution in [0.2, 0.25) is 0 Å². The summed E-state index contributed by atoms with van der Waals surface area (Å²) in [6.45, 7) is 1.38. The normalized spacial score (nSPS) is 12.1. The fourth-order valence-electron chi connectivity index (χ4n) is 0.412. The Kier molecular flexibility index (Phi) is 2.10. The Morgan fingerprint density at radius 1 is 1.60 bits per heavy atom. The van der Waals surface area contributed by atoms with Crippen LogP contribution < -0.4 is 0 Å². The van der Waals surface area contributed by atoms with Crippen LogP contribution in [0.3, 0.4) is 0 Å². The molecule has 0 radical (unpaired) electrons. The van der Waals surface area contributed by atoms with Crippen LogP contribution in [0, 0.1) is 0 Å². The monoisotopic (exact) mass is 417 g/mol. The van der Waals surface area contributed by atoms with Gasteiger partial charge in [0.1, 0.15) is 0 Å². The molecule has 0 aliphatic heterocycles. The van der Waals surface area contributed by atoms with Crippen molar-refractivity contribution < 1.29 is 13.2 Å². The van der Waals surface area contributed by atoms with Crippen molar-refractivity contribution in [3.63, 3.8) is 0 Å². The quantitative estimate of drug-likeness (QED) is 0.611. The van der Waals surface area contributed by atoms with Gasteiger partial charge in [0.05, 0.1) is 0 Å². The van der Waals surface area contributed by atoms with Crippen molar-refractivity contribution >= 4 is 16.7 Å². The van der Waals surface area contributed by atoms with E-state index in [-0.39, 0.29) is 12.3 Å². The Balaban J connectivity index is 4.12. The first-order valence-electron chi connectivity index (χ1n) is 2.63. The van der Waals surface area contributed by atoms with E-state index >= 15 is 0 Å². The summed E-state index contributed by atoms with van der Waals surface area (Å²) in [5.41, 5.74) is 0. The van der Waals surface area contributed by atoms with E-state index in [1.807, 2.05) is 0 Å². The molecule has 0 amide bonds. The van der Waals surface area contributed by atoms with E-state index < -0.39 is 10.9 Å². The van der Waals surface area contributed by atoms with Crippen molar-refractivity contribution in [2.75, 3.05) is 13.6 Å². The fraction of sp³-hybridized carbons (Fsp3) is 0.750. The number of carbonyl (C=O) groups excluding carboxylic acids is 1. The third-order valence-electron chi connectivity index (χ3n) is 0.920. The van der Waals surface area contributed by atoms with Gasteiger partial charge < -0.3 is 0 Å². The third-order valence-corrected chi connectivity index (χ3v) is 7.98. The Morgan fingerprint density at radius 2 is 2.00 bits per heavy atom. The zero-order chi connectivity index (χ0) is 8.36. The van der Waals surface area contributed by atoms with Crippen LogP contribution in [0.5, 0.6) is 0 Å². The zero-order valence-electron chi connectivity index (χ0n) is 5.99. The molecule has 0 fully saturated rings. The minimum absolute atomic E-state index is 0.00947. The summed E-state index contributed by atoms with van der Waals surface area (Å²) in [4.78, 5) is 10.4. The second-order valence-electron chi connectivity index (χ2n) is 2.07. The average Bonchev–Trinajstić information content (AvgIpc) is 1.60. The Labute approximate surface area is 55.5 Å². The molecule has 0 saturated carbocycles. The number of hydrogen-bond donors (Lipinski definition) is 0. The predicted octanol–water partition coefficient (Wildman–Crippen LogP) is -0.699. The van der Waals surface area contributed by atoms with Crippen LogP contribution in [-0.2, 0) is 15.7 Å². The molecule has 0 unspecified atom stereocenters. The summed E-state index contributed by atoms with van der Waals surface area (Å²) >= 11 is 0. The van der Waals surface area contributed by atoms with Gasteiger partial charge in [0.15, 0.2) is 0 Å². The topological polar surface area (TPSA) is 54.5 Å². The number of rotatable bonds is 3. The average molecular weight is 417 g/mol. The molecule has 0 aromatic rings. The van der Waals surface area contributed by atoms with Gasteiger partial charge in [-0.05, 0) is 0 Å². The summed E-state index contributed by atoms with van der Waals surface area (Å²) in [6.07, 6.45) is 0. The van der Waals surface area contributed by atoms with Crippen molar-refractivity contribution in [2.24, 2.45) is 0 Å².